The minimum atomic E-state index is -0.279. The van der Waals surface area contributed by atoms with Crippen LogP contribution in [-0.2, 0) is 0 Å². The largest absolute Gasteiger partial charge is 0.508 e. The maximum atomic E-state index is 13.1. The Kier molecular flexibility index (Phi) is 3.74. The lowest BCUT2D eigenvalue weighted by molar-refractivity contribution is 0.475. The van der Waals surface area contributed by atoms with E-state index < -0.39 is 0 Å². The molecule has 0 amide bonds. The molecule has 0 aliphatic carbocycles. The molecule has 0 fully saturated rings. The molecule has 0 radical (unpaired) electrons. The third-order valence-corrected chi connectivity index (χ3v) is 3.93. The number of H-pyrrole nitrogens is 1. The van der Waals surface area contributed by atoms with Gasteiger partial charge in [-0.3, -0.25) is 4.98 Å². The molecule has 0 saturated carbocycles. The monoisotopic (exact) mass is 331 g/mol. The van der Waals surface area contributed by atoms with E-state index in [0.29, 0.717) is 11.5 Å². The Morgan fingerprint density at radius 1 is 0.880 bits per heavy atom. The highest BCUT2D eigenvalue weighted by atomic mass is 19.1. The van der Waals surface area contributed by atoms with Crippen LogP contribution in [0.4, 0.5) is 4.39 Å². The summed E-state index contributed by atoms with van der Waals surface area (Å²) in [6, 6.07) is 16.9. The van der Waals surface area contributed by atoms with Crippen molar-refractivity contribution >= 4 is 0 Å². The van der Waals surface area contributed by atoms with Crippen molar-refractivity contribution in [1.82, 2.24) is 15.0 Å². The molecule has 4 nitrogen and oxygen atoms in total. The van der Waals surface area contributed by atoms with E-state index in [1.807, 2.05) is 24.3 Å². The molecule has 122 valence electrons. The van der Waals surface area contributed by atoms with Crippen LogP contribution in [-0.4, -0.2) is 20.1 Å². The van der Waals surface area contributed by atoms with Crippen LogP contribution in [0.25, 0.3) is 33.9 Å². The maximum Gasteiger partial charge on any atom is 0.157 e. The van der Waals surface area contributed by atoms with Crippen molar-refractivity contribution in [1.29, 1.82) is 0 Å². The predicted octanol–water partition coefficient (Wildman–Crippen LogP) is 4.65. The summed E-state index contributed by atoms with van der Waals surface area (Å²) in [4.78, 5) is 12.2. The summed E-state index contributed by atoms with van der Waals surface area (Å²) in [6.07, 6.45) is 3.48. The van der Waals surface area contributed by atoms with Crippen LogP contribution in [0.1, 0.15) is 0 Å². The van der Waals surface area contributed by atoms with Crippen molar-refractivity contribution in [2.75, 3.05) is 0 Å². The number of nitrogens with zero attached hydrogens (tertiary/aromatic N) is 2. The van der Waals surface area contributed by atoms with Gasteiger partial charge in [0.2, 0.25) is 0 Å². The van der Waals surface area contributed by atoms with Gasteiger partial charge in [-0.2, -0.15) is 0 Å². The molecule has 25 heavy (non-hydrogen) atoms. The van der Waals surface area contributed by atoms with Gasteiger partial charge in [-0.15, -0.1) is 0 Å². The Bertz CT molecular complexity index is 1010. The van der Waals surface area contributed by atoms with Crippen molar-refractivity contribution in [3.05, 3.63) is 78.9 Å². The molecule has 4 aromatic rings. The van der Waals surface area contributed by atoms with E-state index in [4.69, 9.17) is 0 Å². The van der Waals surface area contributed by atoms with E-state index in [1.54, 1.807) is 36.7 Å². The average Bonchev–Trinajstić information content (AvgIpc) is 3.13. The summed E-state index contributed by atoms with van der Waals surface area (Å²) in [6.45, 7) is 0. The Balaban J connectivity index is 1.76. The number of nitrogens with one attached hydrogen (secondary N) is 1. The minimum Gasteiger partial charge on any atom is -0.508 e. The fourth-order valence-corrected chi connectivity index (χ4v) is 2.68. The zero-order valence-electron chi connectivity index (χ0n) is 13.1. The van der Waals surface area contributed by atoms with Crippen molar-refractivity contribution in [3.8, 4) is 39.7 Å². The summed E-state index contributed by atoms with van der Waals surface area (Å²) >= 11 is 0. The molecule has 0 aliphatic rings. The number of benzene rings is 2. The highest BCUT2D eigenvalue weighted by Crippen LogP contribution is 2.30. The molecule has 0 saturated heterocycles. The molecule has 2 aromatic heterocycles. The Labute approximate surface area is 143 Å². The molecular formula is C20H14FN3O. The van der Waals surface area contributed by atoms with Crippen LogP contribution in [0.2, 0.25) is 0 Å². The lowest BCUT2D eigenvalue weighted by Crippen LogP contribution is -1.90. The Hall–Kier alpha value is -3.47. The van der Waals surface area contributed by atoms with Gasteiger partial charge in [0.05, 0.1) is 5.69 Å². The van der Waals surface area contributed by atoms with Crippen LogP contribution in [0.5, 0.6) is 5.75 Å². The molecule has 0 aliphatic heterocycles. The summed E-state index contributed by atoms with van der Waals surface area (Å²) < 4.78 is 13.1. The number of phenolic OH excluding ortho intramolecular Hbond substituents is 1. The van der Waals surface area contributed by atoms with E-state index in [9.17, 15) is 9.50 Å². The topological polar surface area (TPSA) is 61.8 Å². The molecule has 2 aromatic carbocycles. The number of halogens is 1. The molecule has 0 atom stereocenters. The first-order valence-corrected chi connectivity index (χ1v) is 7.77. The predicted molar refractivity (Wildman–Crippen MR) is 94.3 cm³/mol. The van der Waals surface area contributed by atoms with E-state index in [0.717, 1.165) is 22.4 Å². The third kappa shape index (κ3) is 2.99. The van der Waals surface area contributed by atoms with Gasteiger partial charge in [-0.1, -0.05) is 18.2 Å². The number of hydrogen-bond donors (Lipinski definition) is 2. The Morgan fingerprint density at radius 3 is 2.36 bits per heavy atom. The van der Waals surface area contributed by atoms with Crippen LogP contribution in [0.15, 0.2) is 73.1 Å². The fourth-order valence-electron chi connectivity index (χ4n) is 2.68. The summed E-state index contributed by atoms with van der Waals surface area (Å²) in [5.74, 6) is 0.563. The first-order valence-electron chi connectivity index (χ1n) is 7.77. The lowest BCUT2D eigenvalue weighted by Gasteiger charge is -2.06. The third-order valence-electron chi connectivity index (χ3n) is 3.93. The van der Waals surface area contributed by atoms with E-state index >= 15 is 0 Å². The van der Waals surface area contributed by atoms with Gasteiger partial charge < -0.3 is 10.1 Å². The molecular weight excluding hydrogens is 317 g/mol. The number of imidazole rings is 1. The van der Waals surface area contributed by atoms with Gasteiger partial charge in [0, 0.05) is 23.5 Å². The van der Waals surface area contributed by atoms with Gasteiger partial charge in [-0.05, 0) is 48.0 Å². The zero-order chi connectivity index (χ0) is 17.2. The number of phenols is 1. The fraction of sp³-hybridized carbons (Fsp3) is 0. The summed E-state index contributed by atoms with van der Waals surface area (Å²) in [7, 11) is 0. The molecule has 0 spiro atoms. The number of rotatable bonds is 3. The summed E-state index contributed by atoms with van der Waals surface area (Å²) in [5, 5.41) is 9.48. The molecule has 2 heterocycles. The second-order valence-corrected chi connectivity index (χ2v) is 5.59. The number of aromatic amines is 1. The highest BCUT2D eigenvalue weighted by molar-refractivity contribution is 5.78. The number of hydrogen-bond acceptors (Lipinski definition) is 3. The summed E-state index contributed by atoms with van der Waals surface area (Å²) in [5.41, 5.74) is 4.09. The van der Waals surface area contributed by atoms with Gasteiger partial charge in [0.25, 0.3) is 0 Å². The lowest BCUT2D eigenvalue weighted by atomic mass is 10.0. The first-order chi connectivity index (χ1) is 12.2. The van der Waals surface area contributed by atoms with Gasteiger partial charge in [0.15, 0.2) is 5.82 Å². The van der Waals surface area contributed by atoms with Crippen molar-refractivity contribution in [2.24, 2.45) is 0 Å². The van der Waals surface area contributed by atoms with Crippen LogP contribution in [0.3, 0.4) is 0 Å². The zero-order valence-corrected chi connectivity index (χ0v) is 13.1. The van der Waals surface area contributed by atoms with E-state index in [-0.39, 0.29) is 11.6 Å². The Morgan fingerprint density at radius 2 is 1.60 bits per heavy atom. The van der Waals surface area contributed by atoms with Crippen molar-refractivity contribution < 1.29 is 9.50 Å². The molecule has 0 unspecified atom stereocenters. The van der Waals surface area contributed by atoms with Crippen molar-refractivity contribution in [3.63, 3.8) is 0 Å². The second kappa shape index (κ2) is 6.20. The molecule has 4 rings (SSSR count). The standard InChI is InChI=1S/C20H14FN3O/c21-15-7-3-14(4-8-15)18-12-23-20(24-18)19-17(2-1-11-22-19)13-5-9-16(25)10-6-13/h1-12,25H,(H,23,24). The normalized spacial score (nSPS) is 10.8. The maximum absolute atomic E-state index is 13.1. The van der Waals surface area contributed by atoms with E-state index in [2.05, 4.69) is 15.0 Å². The van der Waals surface area contributed by atoms with Crippen LogP contribution in [0, 0.1) is 5.82 Å². The van der Waals surface area contributed by atoms with Gasteiger partial charge >= 0.3 is 0 Å². The molecule has 0 bridgehead atoms. The quantitative estimate of drug-likeness (QED) is 0.574. The van der Waals surface area contributed by atoms with Crippen LogP contribution >= 0.6 is 0 Å². The number of pyridine rings is 1. The second-order valence-electron chi connectivity index (χ2n) is 5.59. The first kappa shape index (κ1) is 15.1. The minimum absolute atomic E-state index is 0.214. The van der Waals surface area contributed by atoms with Gasteiger partial charge in [0.1, 0.15) is 17.3 Å². The average molecular weight is 331 g/mol. The van der Waals surface area contributed by atoms with Crippen LogP contribution < -0.4 is 0 Å². The van der Waals surface area contributed by atoms with Gasteiger partial charge in [-0.25, -0.2) is 9.37 Å². The van der Waals surface area contributed by atoms with Crippen molar-refractivity contribution in [2.45, 2.75) is 0 Å². The number of aromatic nitrogens is 3. The number of aromatic hydroxyl groups is 1. The molecule has 2 N–H and O–H groups in total. The smallest absolute Gasteiger partial charge is 0.157 e. The molecule has 5 heteroatoms. The highest BCUT2D eigenvalue weighted by Gasteiger charge is 2.13. The van der Waals surface area contributed by atoms with E-state index in [1.165, 1.54) is 12.1 Å². The SMILES string of the molecule is Oc1ccc(-c2cccnc2-c2nc(-c3ccc(F)cc3)c[nH]2)cc1.